The second-order valence-electron chi connectivity index (χ2n) is 6.18. The molecule has 2 atom stereocenters. The summed E-state index contributed by atoms with van der Waals surface area (Å²) in [6.07, 6.45) is 7.24. The minimum atomic E-state index is 0.828. The van der Waals surface area contributed by atoms with Gasteiger partial charge in [-0.05, 0) is 64.8 Å². The van der Waals surface area contributed by atoms with Gasteiger partial charge in [-0.2, -0.15) is 0 Å². The van der Waals surface area contributed by atoms with Gasteiger partial charge in [0, 0.05) is 23.2 Å². The molecule has 0 amide bonds. The molecule has 2 aliphatic rings. The van der Waals surface area contributed by atoms with E-state index in [1.807, 2.05) is 6.07 Å². The van der Waals surface area contributed by atoms with Crippen LogP contribution in [0.25, 0.3) is 0 Å². The molecule has 1 saturated heterocycles. The molecule has 1 aliphatic carbocycles. The highest BCUT2D eigenvalue weighted by Gasteiger charge is 2.30. The van der Waals surface area contributed by atoms with E-state index >= 15 is 0 Å². The van der Waals surface area contributed by atoms with Gasteiger partial charge in [0.25, 0.3) is 0 Å². The van der Waals surface area contributed by atoms with Crippen molar-refractivity contribution < 1.29 is 0 Å². The second-order valence-corrected chi connectivity index (χ2v) is 7.04. The molecule has 0 spiro atoms. The molecule has 1 heterocycles. The molecule has 2 N–H and O–H groups in total. The summed E-state index contributed by atoms with van der Waals surface area (Å²) in [5.74, 6) is 1.97. The first-order chi connectivity index (χ1) is 9.22. The Balaban J connectivity index is 1.62. The largest absolute Gasteiger partial charge is 0.398 e. The van der Waals surface area contributed by atoms with Crippen LogP contribution in [0.1, 0.15) is 37.7 Å². The molecule has 1 aliphatic heterocycles. The average molecular weight is 323 g/mol. The molecule has 2 nitrogen and oxygen atoms in total. The zero-order valence-electron chi connectivity index (χ0n) is 11.4. The van der Waals surface area contributed by atoms with Crippen LogP contribution in [0.4, 0.5) is 5.69 Å². The smallest absolute Gasteiger partial charge is 0.0458 e. The third-order valence-corrected chi connectivity index (χ3v) is 5.53. The van der Waals surface area contributed by atoms with E-state index in [-0.39, 0.29) is 0 Å². The van der Waals surface area contributed by atoms with Crippen LogP contribution in [0, 0.1) is 11.8 Å². The van der Waals surface area contributed by atoms with E-state index in [4.69, 9.17) is 5.73 Å². The summed E-state index contributed by atoms with van der Waals surface area (Å²) >= 11 is 3.52. The van der Waals surface area contributed by atoms with Crippen molar-refractivity contribution in [3.05, 3.63) is 28.2 Å². The molecule has 1 aromatic rings. The van der Waals surface area contributed by atoms with E-state index in [9.17, 15) is 0 Å². The van der Waals surface area contributed by atoms with Crippen molar-refractivity contribution in [3.8, 4) is 0 Å². The Hall–Kier alpha value is -0.540. The molecular formula is C16H23BrN2. The number of hydrogen-bond acceptors (Lipinski definition) is 2. The van der Waals surface area contributed by atoms with Crippen molar-refractivity contribution in [1.82, 2.24) is 4.90 Å². The average Bonchev–Trinajstić information content (AvgIpc) is 2.43. The van der Waals surface area contributed by atoms with Gasteiger partial charge in [-0.1, -0.05) is 25.3 Å². The number of anilines is 1. The lowest BCUT2D eigenvalue weighted by molar-refractivity contribution is 0.0820. The summed E-state index contributed by atoms with van der Waals surface area (Å²) in [6.45, 7) is 3.64. The van der Waals surface area contributed by atoms with Crippen LogP contribution in [0.3, 0.4) is 0 Å². The molecule has 0 bridgehead atoms. The fourth-order valence-electron chi connectivity index (χ4n) is 3.75. The van der Waals surface area contributed by atoms with Gasteiger partial charge in [0.15, 0.2) is 0 Å². The predicted molar refractivity (Wildman–Crippen MR) is 83.9 cm³/mol. The molecular weight excluding hydrogens is 300 g/mol. The van der Waals surface area contributed by atoms with Crippen molar-refractivity contribution >= 4 is 21.6 Å². The van der Waals surface area contributed by atoms with Crippen LogP contribution in [-0.4, -0.2) is 18.0 Å². The summed E-state index contributed by atoms with van der Waals surface area (Å²) in [5, 5.41) is 0. The Morgan fingerprint density at radius 2 is 1.95 bits per heavy atom. The standard InChI is InChI=1S/C16H23BrN2/c17-15-9-12(5-6-16(15)18)10-19-8-7-13-3-1-2-4-14(13)11-19/h5-6,9,13-14H,1-4,7-8,10-11,18H2. The van der Waals surface area contributed by atoms with Gasteiger partial charge < -0.3 is 5.73 Å². The SMILES string of the molecule is Nc1ccc(CN2CCC3CCCCC3C2)cc1Br. The van der Waals surface area contributed by atoms with Crippen molar-refractivity contribution in [1.29, 1.82) is 0 Å². The molecule has 2 fully saturated rings. The minimum absolute atomic E-state index is 0.828. The highest BCUT2D eigenvalue weighted by atomic mass is 79.9. The Kier molecular flexibility index (Phi) is 4.13. The minimum Gasteiger partial charge on any atom is -0.398 e. The molecule has 0 radical (unpaired) electrons. The molecule has 104 valence electrons. The highest BCUT2D eigenvalue weighted by Crippen LogP contribution is 2.36. The maximum atomic E-state index is 5.85. The quantitative estimate of drug-likeness (QED) is 0.832. The fraction of sp³-hybridized carbons (Fsp3) is 0.625. The maximum Gasteiger partial charge on any atom is 0.0458 e. The van der Waals surface area contributed by atoms with Gasteiger partial charge in [-0.25, -0.2) is 0 Å². The van der Waals surface area contributed by atoms with Crippen LogP contribution in [0.2, 0.25) is 0 Å². The highest BCUT2D eigenvalue weighted by molar-refractivity contribution is 9.10. The molecule has 1 saturated carbocycles. The first kappa shape index (κ1) is 13.4. The van der Waals surface area contributed by atoms with Gasteiger partial charge in [0.05, 0.1) is 0 Å². The van der Waals surface area contributed by atoms with E-state index in [2.05, 4.69) is 33.0 Å². The number of benzene rings is 1. The Bertz CT molecular complexity index is 446. The van der Waals surface area contributed by atoms with Crippen LogP contribution >= 0.6 is 15.9 Å². The summed E-state index contributed by atoms with van der Waals surface area (Å²) in [7, 11) is 0. The first-order valence-corrected chi connectivity index (χ1v) is 8.28. The monoisotopic (exact) mass is 322 g/mol. The summed E-state index contributed by atoms with van der Waals surface area (Å²) in [5.41, 5.74) is 8.05. The number of piperidine rings is 1. The zero-order chi connectivity index (χ0) is 13.2. The lowest BCUT2D eigenvalue weighted by Crippen LogP contribution is -2.41. The van der Waals surface area contributed by atoms with Crippen LogP contribution < -0.4 is 5.73 Å². The number of likely N-dealkylation sites (tertiary alicyclic amines) is 1. The molecule has 2 unspecified atom stereocenters. The Morgan fingerprint density at radius 1 is 1.16 bits per heavy atom. The number of nitrogens with two attached hydrogens (primary N) is 1. The Labute approximate surface area is 124 Å². The summed E-state index contributed by atoms with van der Waals surface area (Å²) in [4.78, 5) is 2.63. The van der Waals surface area contributed by atoms with E-state index in [0.717, 1.165) is 28.5 Å². The van der Waals surface area contributed by atoms with E-state index in [0.29, 0.717) is 0 Å². The van der Waals surface area contributed by atoms with Crippen LogP contribution in [0.5, 0.6) is 0 Å². The van der Waals surface area contributed by atoms with Gasteiger partial charge in [-0.3, -0.25) is 4.90 Å². The predicted octanol–water partition coefficient (Wildman–Crippen LogP) is 4.04. The molecule has 0 aromatic heterocycles. The van der Waals surface area contributed by atoms with Gasteiger partial charge in [0.1, 0.15) is 0 Å². The van der Waals surface area contributed by atoms with Crippen LogP contribution in [-0.2, 0) is 6.54 Å². The van der Waals surface area contributed by atoms with Crippen molar-refractivity contribution in [2.24, 2.45) is 11.8 Å². The Morgan fingerprint density at radius 3 is 2.74 bits per heavy atom. The number of nitrogens with zero attached hydrogens (tertiary/aromatic N) is 1. The number of nitrogen functional groups attached to an aromatic ring is 1. The van der Waals surface area contributed by atoms with Gasteiger partial charge >= 0.3 is 0 Å². The first-order valence-electron chi connectivity index (χ1n) is 7.48. The van der Waals surface area contributed by atoms with Crippen molar-refractivity contribution in [3.63, 3.8) is 0 Å². The summed E-state index contributed by atoms with van der Waals surface area (Å²) in [6, 6.07) is 6.34. The van der Waals surface area contributed by atoms with E-state index in [1.165, 1.54) is 50.8 Å². The van der Waals surface area contributed by atoms with E-state index in [1.54, 1.807) is 0 Å². The number of rotatable bonds is 2. The topological polar surface area (TPSA) is 29.3 Å². The number of hydrogen-bond donors (Lipinski definition) is 1. The maximum absolute atomic E-state index is 5.85. The lowest BCUT2D eigenvalue weighted by Gasteiger charge is -2.41. The lowest BCUT2D eigenvalue weighted by atomic mass is 9.75. The molecule has 3 heteroatoms. The zero-order valence-corrected chi connectivity index (χ0v) is 13.0. The van der Waals surface area contributed by atoms with Gasteiger partial charge in [0.2, 0.25) is 0 Å². The van der Waals surface area contributed by atoms with Crippen LogP contribution in [0.15, 0.2) is 22.7 Å². The third kappa shape index (κ3) is 3.14. The molecule has 3 rings (SSSR count). The fourth-order valence-corrected chi connectivity index (χ4v) is 4.17. The van der Waals surface area contributed by atoms with Crippen molar-refractivity contribution in [2.45, 2.75) is 38.6 Å². The summed E-state index contributed by atoms with van der Waals surface area (Å²) < 4.78 is 1.03. The molecule has 19 heavy (non-hydrogen) atoms. The van der Waals surface area contributed by atoms with E-state index < -0.39 is 0 Å². The third-order valence-electron chi connectivity index (χ3n) is 4.85. The van der Waals surface area contributed by atoms with Gasteiger partial charge in [-0.15, -0.1) is 0 Å². The second kappa shape index (κ2) is 5.84. The normalized spacial score (nSPS) is 28.1. The molecule has 1 aromatic carbocycles. The number of fused-ring (bicyclic) bond motifs is 1. The number of halogens is 1. The van der Waals surface area contributed by atoms with Crippen molar-refractivity contribution in [2.75, 3.05) is 18.8 Å².